The predicted octanol–water partition coefficient (Wildman–Crippen LogP) is 6.42. The number of hydrogen-bond donors (Lipinski definition) is 5. The number of nitrogens with zero attached hydrogens (tertiary/aromatic N) is 8. The number of aromatic hydroxyl groups is 1. The Balaban J connectivity index is 1.44. The van der Waals surface area contributed by atoms with Gasteiger partial charge in [-0.1, -0.05) is 30.3 Å². The average molecular weight is 1020 g/mol. The van der Waals surface area contributed by atoms with Crippen molar-refractivity contribution in [3.05, 3.63) is 108 Å². The van der Waals surface area contributed by atoms with Gasteiger partial charge in [0.05, 0.1) is 37.0 Å². The number of phenolic OH excluding ortho intramolecular Hbond substituents is 1. The highest BCUT2D eigenvalue weighted by Crippen LogP contribution is 2.45. The molecule has 1 heterocycles. The van der Waals surface area contributed by atoms with Gasteiger partial charge in [0.1, 0.15) is 38.5 Å². The number of aromatic nitrogens is 3. The lowest BCUT2D eigenvalue weighted by atomic mass is 10.0. The van der Waals surface area contributed by atoms with Crippen molar-refractivity contribution in [3.8, 4) is 5.75 Å². The van der Waals surface area contributed by atoms with Gasteiger partial charge in [0.25, 0.3) is 40.5 Å². The molecular formula is C38H37N9O15S5. The van der Waals surface area contributed by atoms with Crippen molar-refractivity contribution in [1.82, 2.24) is 15.0 Å². The topological polar surface area (TPSA) is 356 Å². The van der Waals surface area contributed by atoms with Crippen LogP contribution in [0.5, 0.6) is 5.75 Å². The van der Waals surface area contributed by atoms with E-state index in [2.05, 4.69) is 44.9 Å². The van der Waals surface area contributed by atoms with Gasteiger partial charge >= 0.3 is 0 Å². The SMILES string of the molecule is COS(=O)(=O)c1cc(N=Nc2ccc(CS(=O)(=O)O)cc2)ccc1N=Nc1c(CS(=O)(=O)O)cc2c(S(=O)(=O)OC)c(Nc3nc(C)nc(N(CCS(=O)O)c4ccccc4)n3)ccc2c1O. The lowest BCUT2D eigenvalue weighted by molar-refractivity contribution is 0.397. The molecule has 0 bridgehead atoms. The number of anilines is 4. The molecule has 0 saturated heterocycles. The van der Waals surface area contributed by atoms with Crippen molar-refractivity contribution in [2.75, 3.05) is 36.7 Å². The number of rotatable bonds is 19. The monoisotopic (exact) mass is 1020 g/mol. The summed E-state index contributed by atoms with van der Waals surface area (Å²) in [6.45, 7) is 1.50. The molecule has 0 spiro atoms. The molecule has 24 nitrogen and oxygen atoms in total. The first kappa shape index (κ1) is 50.1. The fraction of sp³-hybridized carbons (Fsp3) is 0.184. The number of hydrogen-bond acceptors (Lipinski definition) is 21. The maximum absolute atomic E-state index is 13.7. The summed E-state index contributed by atoms with van der Waals surface area (Å²) in [6, 6.07) is 21.0. The molecule has 6 aromatic rings. The van der Waals surface area contributed by atoms with Crippen molar-refractivity contribution < 1.29 is 65.0 Å². The molecule has 0 aliphatic rings. The number of para-hydroxylation sites is 1. The van der Waals surface area contributed by atoms with E-state index < -0.39 is 95.5 Å². The van der Waals surface area contributed by atoms with Crippen LogP contribution in [0.2, 0.25) is 0 Å². The van der Waals surface area contributed by atoms with E-state index in [1.54, 1.807) is 30.3 Å². The van der Waals surface area contributed by atoms with E-state index in [0.717, 1.165) is 32.4 Å². The summed E-state index contributed by atoms with van der Waals surface area (Å²) < 4.78 is 150. The van der Waals surface area contributed by atoms with Crippen molar-refractivity contribution in [1.29, 1.82) is 0 Å². The number of azo groups is 2. The Morgan fingerprint density at radius 1 is 0.716 bits per heavy atom. The van der Waals surface area contributed by atoms with Crippen LogP contribution in [-0.2, 0) is 71.4 Å². The molecule has 6 rings (SSSR count). The third-order valence-corrected chi connectivity index (χ3v) is 13.7. The summed E-state index contributed by atoms with van der Waals surface area (Å²) in [4.78, 5) is 13.3. The van der Waals surface area contributed by atoms with Crippen LogP contribution < -0.4 is 10.2 Å². The Hall–Kier alpha value is -6.28. The molecule has 1 atom stereocenters. The van der Waals surface area contributed by atoms with E-state index in [1.165, 1.54) is 54.3 Å². The molecule has 1 aromatic heterocycles. The zero-order valence-corrected chi connectivity index (χ0v) is 39.0. The third-order valence-electron chi connectivity index (χ3n) is 9.14. The number of fused-ring (bicyclic) bond motifs is 1. The fourth-order valence-corrected chi connectivity index (χ4v) is 9.62. The smallest absolute Gasteiger partial charge is 0.299 e. The van der Waals surface area contributed by atoms with E-state index >= 15 is 0 Å². The van der Waals surface area contributed by atoms with Gasteiger partial charge in [0.15, 0.2) is 16.8 Å². The Bertz CT molecular complexity index is 3400. The summed E-state index contributed by atoms with van der Waals surface area (Å²) in [5.74, 6) is -3.02. The molecule has 0 radical (unpaired) electrons. The molecule has 0 aliphatic heterocycles. The van der Waals surface area contributed by atoms with Crippen molar-refractivity contribution in [2.24, 2.45) is 20.5 Å². The predicted molar refractivity (Wildman–Crippen MR) is 243 cm³/mol. The van der Waals surface area contributed by atoms with Crippen molar-refractivity contribution in [3.63, 3.8) is 0 Å². The molecule has 0 fully saturated rings. The van der Waals surface area contributed by atoms with Gasteiger partial charge in [0.2, 0.25) is 11.9 Å². The molecule has 5 N–H and O–H groups in total. The second-order valence-corrected chi connectivity index (χ2v) is 21.1. The summed E-state index contributed by atoms with van der Waals surface area (Å²) in [5.41, 5.74) is -0.832. The second kappa shape index (κ2) is 20.3. The van der Waals surface area contributed by atoms with Crippen LogP contribution in [0.3, 0.4) is 0 Å². The Morgan fingerprint density at radius 3 is 1.99 bits per heavy atom. The molecular weight excluding hydrogens is 983 g/mol. The van der Waals surface area contributed by atoms with Gasteiger partial charge in [-0.2, -0.15) is 58.9 Å². The van der Waals surface area contributed by atoms with Crippen LogP contribution in [0, 0.1) is 6.92 Å². The number of benzene rings is 5. The molecule has 67 heavy (non-hydrogen) atoms. The van der Waals surface area contributed by atoms with Gasteiger partial charge < -0.3 is 19.9 Å². The Morgan fingerprint density at radius 2 is 1.36 bits per heavy atom. The minimum absolute atomic E-state index is 0.0101. The lowest BCUT2D eigenvalue weighted by Crippen LogP contribution is -2.25. The van der Waals surface area contributed by atoms with E-state index in [9.17, 15) is 52.1 Å². The highest BCUT2D eigenvalue weighted by Gasteiger charge is 2.28. The van der Waals surface area contributed by atoms with Gasteiger partial charge in [-0.15, -0.1) is 10.2 Å². The van der Waals surface area contributed by atoms with Crippen LogP contribution in [0.15, 0.2) is 121 Å². The molecule has 0 aliphatic carbocycles. The van der Waals surface area contributed by atoms with Crippen LogP contribution in [0.25, 0.3) is 10.8 Å². The fourth-order valence-electron chi connectivity index (χ4n) is 6.25. The minimum Gasteiger partial charge on any atom is -0.505 e. The molecule has 1 unspecified atom stereocenters. The quantitative estimate of drug-likeness (QED) is 0.0253. The number of nitrogens with one attached hydrogen (secondary N) is 1. The normalized spacial score (nSPS) is 13.1. The molecule has 29 heteroatoms. The summed E-state index contributed by atoms with van der Waals surface area (Å²) in [7, 11) is -16.9. The summed E-state index contributed by atoms with van der Waals surface area (Å²) >= 11 is -2.19. The van der Waals surface area contributed by atoms with E-state index in [-0.39, 0.29) is 63.4 Å². The molecule has 0 amide bonds. The number of aryl methyl sites for hydroxylation is 1. The van der Waals surface area contributed by atoms with E-state index in [4.69, 9.17) is 8.74 Å². The first-order chi connectivity index (χ1) is 31.5. The third kappa shape index (κ3) is 12.8. The Kier molecular flexibility index (Phi) is 15.2. The minimum atomic E-state index is -4.96. The number of phenols is 1. The standard InChI is InChI=1S/C38H37N9O15S5/c1-23-39-37(42-38(40-23)47(17-18-63(49)50)28-7-5-4-6-8-28)41-32-16-14-29-30(36(32)67(59,60)62-3)19-25(22-65(54,55)56)34(35(29)48)46-45-31-15-13-27(20-33(31)66(57,58)61-2)44-43-26-11-9-24(10-12-26)21-64(51,52)53/h4-16,19-20,48H,17-18,21-22H2,1-3H3,(H,49,50)(H,51,52,53)(H,54,55,56)(H,39,40,41,42). The zero-order valence-electron chi connectivity index (χ0n) is 34.9. The average Bonchev–Trinajstić information content (AvgIpc) is 3.25. The zero-order chi connectivity index (χ0) is 48.9. The lowest BCUT2D eigenvalue weighted by Gasteiger charge is -2.23. The molecule has 0 saturated carbocycles. The summed E-state index contributed by atoms with van der Waals surface area (Å²) in [6.07, 6.45) is 0. The largest absolute Gasteiger partial charge is 0.505 e. The maximum Gasteiger partial charge on any atom is 0.299 e. The van der Waals surface area contributed by atoms with E-state index in [0.29, 0.717) is 5.69 Å². The highest BCUT2D eigenvalue weighted by molar-refractivity contribution is 7.87. The van der Waals surface area contributed by atoms with Crippen LogP contribution in [-0.4, -0.2) is 98.1 Å². The maximum atomic E-state index is 13.7. The summed E-state index contributed by atoms with van der Waals surface area (Å²) in [5, 5.41) is 29.8. The van der Waals surface area contributed by atoms with Crippen LogP contribution >= 0.6 is 0 Å². The first-order valence-electron chi connectivity index (χ1n) is 18.8. The second-order valence-electron chi connectivity index (χ2n) is 13.8. The molecule has 354 valence electrons. The van der Waals surface area contributed by atoms with E-state index in [1.807, 2.05) is 0 Å². The van der Waals surface area contributed by atoms with Crippen LogP contribution in [0.4, 0.5) is 46.0 Å². The van der Waals surface area contributed by atoms with Gasteiger partial charge in [0, 0.05) is 28.6 Å². The van der Waals surface area contributed by atoms with Crippen molar-refractivity contribution in [2.45, 2.75) is 28.2 Å². The van der Waals surface area contributed by atoms with Gasteiger partial charge in [-0.25, -0.2) is 4.21 Å². The highest BCUT2D eigenvalue weighted by atomic mass is 32.2. The molecule has 5 aromatic carbocycles. The first-order valence-corrected chi connectivity index (χ1v) is 26.1. The van der Waals surface area contributed by atoms with Crippen LogP contribution in [0.1, 0.15) is 17.0 Å². The Labute approximate surface area is 385 Å². The van der Waals surface area contributed by atoms with Crippen molar-refractivity contribution >= 4 is 108 Å². The van der Waals surface area contributed by atoms with Gasteiger partial charge in [-0.3, -0.25) is 17.5 Å². The van der Waals surface area contributed by atoms with Gasteiger partial charge in [-0.05, 0) is 73.2 Å².